The van der Waals surface area contributed by atoms with Crippen molar-refractivity contribution in [2.45, 2.75) is 0 Å². The Hall–Kier alpha value is -1.30. The molecule has 0 unspecified atom stereocenters. The number of hydrogen-bond donors (Lipinski definition) is 0. The maximum absolute atomic E-state index is 4.33. The highest BCUT2D eigenvalue weighted by molar-refractivity contribution is 5.86. The minimum absolute atomic E-state index is 0. The van der Waals surface area contributed by atoms with E-state index in [2.05, 4.69) is 15.1 Å². The summed E-state index contributed by atoms with van der Waals surface area (Å²) >= 11 is 0. The van der Waals surface area contributed by atoms with E-state index in [1.165, 1.54) is 0 Å². The van der Waals surface area contributed by atoms with E-state index in [-0.39, 0.29) is 37.2 Å². The maximum Gasteiger partial charge on any atom is 0.140 e. The van der Waals surface area contributed by atoms with Gasteiger partial charge in [-0.1, -0.05) is 0 Å². The zero-order valence-electron chi connectivity index (χ0n) is 9.42. The molecule has 0 atom stereocenters. The molecular weight excluding hydrogens is 297 g/mol. The molecule has 0 bridgehead atoms. The number of halogens is 3. The van der Waals surface area contributed by atoms with Crippen LogP contribution in [0.2, 0.25) is 0 Å². The van der Waals surface area contributed by atoms with E-state index < -0.39 is 0 Å². The van der Waals surface area contributed by atoms with Crippen LogP contribution in [0.3, 0.4) is 0 Å². The van der Waals surface area contributed by atoms with Crippen LogP contribution in [-0.4, -0.2) is 24.1 Å². The predicted molar refractivity (Wildman–Crippen MR) is 76.9 cm³/mol. The number of nitrogens with zero attached hydrogens (tertiary/aromatic N) is 5. The summed E-state index contributed by atoms with van der Waals surface area (Å²) in [6, 6.07) is 1.94. The molecule has 0 fully saturated rings. The Bertz CT molecular complexity index is 619. The molecule has 0 aliphatic heterocycles. The van der Waals surface area contributed by atoms with Gasteiger partial charge in [-0.05, 0) is 0 Å². The van der Waals surface area contributed by atoms with Crippen molar-refractivity contribution in [3.63, 3.8) is 0 Å². The van der Waals surface area contributed by atoms with Gasteiger partial charge >= 0.3 is 0 Å². The lowest BCUT2D eigenvalue weighted by atomic mass is 10.2. The summed E-state index contributed by atoms with van der Waals surface area (Å²) < 4.78 is 3.63. The van der Waals surface area contributed by atoms with Crippen LogP contribution < -0.4 is 0 Å². The molecule has 3 aromatic rings. The smallest absolute Gasteiger partial charge is 0.140 e. The van der Waals surface area contributed by atoms with Crippen LogP contribution in [0.1, 0.15) is 0 Å². The molecule has 18 heavy (non-hydrogen) atoms. The zero-order chi connectivity index (χ0) is 10.3. The quantitative estimate of drug-likeness (QED) is 0.693. The lowest BCUT2D eigenvalue weighted by Crippen LogP contribution is -1.88. The van der Waals surface area contributed by atoms with Gasteiger partial charge < -0.3 is 0 Å². The molecule has 0 N–H and O–H groups in total. The van der Waals surface area contributed by atoms with Crippen LogP contribution in [0.4, 0.5) is 0 Å². The van der Waals surface area contributed by atoms with Gasteiger partial charge in [0.15, 0.2) is 0 Å². The first-order valence-electron chi connectivity index (χ1n) is 4.61. The van der Waals surface area contributed by atoms with Crippen LogP contribution in [-0.2, 0) is 7.05 Å². The Morgan fingerprint density at radius 2 is 1.89 bits per heavy atom. The van der Waals surface area contributed by atoms with Crippen molar-refractivity contribution in [2.75, 3.05) is 0 Å². The van der Waals surface area contributed by atoms with Gasteiger partial charge in [0.2, 0.25) is 0 Å². The van der Waals surface area contributed by atoms with Crippen LogP contribution in [0.5, 0.6) is 0 Å². The summed E-state index contributed by atoms with van der Waals surface area (Å²) in [5.41, 5.74) is 2.79. The van der Waals surface area contributed by atoms with Gasteiger partial charge in [0.25, 0.3) is 0 Å². The third-order valence-electron chi connectivity index (χ3n) is 2.29. The first-order valence-corrected chi connectivity index (χ1v) is 4.61. The highest BCUT2D eigenvalue weighted by Crippen LogP contribution is 2.16. The number of hydrogen-bond acceptors (Lipinski definition) is 3. The van der Waals surface area contributed by atoms with Gasteiger partial charge in [-0.25, -0.2) is 9.97 Å². The molecule has 0 aliphatic rings. The molecule has 0 saturated heterocycles. The zero-order valence-corrected chi connectivity index (χ0v) is 11.9. The van der Waals surface area contributed by atoms with E-state index >= 15 is 0 Å². The summed E-state index contributed by atoms with van der Waals surface area (Å²) in [5.74, 6) is 0. The van der Waals surface area contributed by atoms with Gasteiger partial charge in [0.05, 0.1) is 11.9 Å². The van der Waals surface area contributed by atoms with E-state index in [9.17, 15) is 0 Å². The second-order valence-corrected chi connectivity index (χ2v) is 3.37. The summed E-state index contributed by atoms with van der Waals surface area (Å²) in [4.78, 5) is 8.54. The number of fused-ring (bicyclic) bond motifs is 1. The molecule has 3 rings (SSSR count). The molecule has 5 nitrogen and oxygen atoms in total. The van der Waals surface area contributed by atoms with Gasteiger partial charge in [-0.2, -0.15) is 5.10 Å². The maximum atomic E-state index is 4.33. The minimum atomic E-state index is 0. The van der Waals surface area contributed by atoms with Gasteiger partial charge in [-0.15, -0.1) is 37.2 Å². The van der Waals surface area contributed by atoms with Crippen molar-refractivity contribution in [3.8, 4) is 11.3 Å². The molecule has 0 amide bonds. The van der Waals surface area contributed by atoms with Gasteiger partial charge in [-0.3, -0.25) is 9.08 Å². The Balaban J connectivity index is 0.000000963. The van der Waals surface area contributed by atoms with E-state index in [1.54, 1.807) is 23.4 Å². The largest absolute Gasteiger partial charge is 0.290 e. The summed E-state index contributed by atoms with van der Waals surface area (Å²) in [6.45, 7) is 0. The van der Waals surface area contributed by atoms with E-state index in [0.29, 0.717) is 0 Å². The number of rotatable bonds is 1. The molecule has 0 spiro atoms. The topological polar surface area (TPSA) is 48.0 Å². The SMILES string of the molecule is Cl.Cl.Cl.Cn1cc(-c2cc3nccn3cn2)cn1. The molecular formula is C10H12Cl3N5. The van der Waals surface area contributed by atoms with Gasteiger partial charge in [0, 0.05) is 37.3 Å². The van der Waals surface area contributed by atoms with Crippen LogP contribution in [0.15, 0.2) is 37.2 Å². The monoisotopic (exact) mass is 307 g/mol. The second-order valence-electron chi connectivity index (χ2n) is 3.37. The second kappa shape index (κ2) is 6.58. The average Bonchev–Trinajstić information content (AvgIpc) is 2.84. The molecule has 98 valence electrons. The normalized spacial score (nSPS) is 9.17. The fourth-order valence-corrected chi connectivity index (χ4v) is 1.53. The summed E-state index contributed by atoms with van der Waals surface area (Å²) in [5, 5.41) is 4.11. The summed E-state index contributed by atoms with van der Waals surface area (Å²) in [6.07, 6.45) is 9.10. The van der Waals surface area contributed by atoms with Crippen molar-refractivity contribution in [3.05, 3.63) is 37.2 Å². The van der Waals surface area contributed by atoms with Gasteiger partial charge in [0.1, 0.15) is 12.0 Å². The van der Waals surface area contributed by atoms with E-state index in [4.69, 9.17) is 0 Å². The third-order valence-corrected chi connectivity index (χ3v) is 2.29. The van der Waals surface area contributed by atoms with Crippen LogP contribution in [0.25, 0.3) is 16.9 Å². The molecule has 0 radical (unpaired) electrons. The first-order chi connectivity index (χ1) is 7.33. The van der Waals surface area contributed by atoms with Crippen LogP contribution >= 0.6 is 37.2 Å². The van der Waals surface area contributed by atoms with Crippen molar-refractivity contribution in [2.24, 2.45) is 7.05 Å². The summed E-state index contributed by atoms with van der Waals surface area (Å²) in [7, 11) is 1.89. The molecule has 8 heteroatoms. The lowest BCUT2D eigenvalue weighted by molar-refractivity contribution is 0.768. The molecule has 0 aliphatic carbocycles. The molecule has 0 aromatic carbocycles. The number of aromatic nitrogens is 5. The Labute approximate surface area is 122 Å². The molecule has 0 saturated carbocycles. The predicted octanol–water partition coefficient (Wildman–Crippen LogP) is 2.40. The molecule has 3 heterocycles. The van der Waals surface area contributed by atoms with E-state index in [1.807, 2.05) is 29.9 Å². The minimum Gasteiger partial charge on any atom is -0.290 e. The van der Waals surface area contributed by atoms with Crippen LogP contribution in [0, 0.1) is 0 Å². The first kappa shape index (κ1) is 16.7. The number of aryl methyl sites for hydroxylation is 1. The van der Waals surface area contributed by atoms with Crippen molar-refractivity contribution in [1.29, 1.82) is 0 Å². The molecule has 3 aromatic heterocycles. The fourth-order valence-electron chi connectivity index (χ4n) is 1.53. The lowest BCUT2D eigenvalue weighted by Gasteiger charge is -1.96. The van der Waals surface area contributed by atoms with Crippen molar-refractivity contribution >= 4 is 42.9 Å². The Morgan fingerprint density at radius 1 is 1.11 bits per heavy atom. The fraction of sp³-hybridized carbons (Fsp3) is 0.100. The van der Waals surface area contributed by atoms with E-state index in [0.717, 1.165) is 16.9 Å². The number of imidazole rings is 1. The Kier molecular flexibility index (Phi) is 6.11. The average molecular weight is 309 g/mol. The highest BCUT2D eigenvalue weighted by atomic mass is 35.5. The highest BCUT2D eigenvalue weighted by Gasteiger charge is 2.03. The van der Waals surface area contributed by atoms with Crippen molar-refractivity contribution < 1.29 is 0 Å². The van der Waals surface area contributed by atoms with Crippen molar-refractivity contribution in [1.82, 2.24) is 24.1 Å². The Morgan fingerprint density at radius 3 is 2.56 bits per heavy atom. The standard InChI is InChI=1S/C10H9N5.3ClH/c1-14-6-8(5-13-14)9-4-10-11-2-3-15(10)7-12-9;;;/h2-7H,1H3;3*1H. The third kappa shape index (κ3) is 2.93.